The maximum Gasteiger partial charge on any atom is 0.288 e. The second-order valence-corrected chi connectivity index (χ2v) is 4.41. The van der Waals surface area contributed by atoms with Gasteiger partial charge in [0.2, 0.25) is 0 Å². The largest absolute Gasteiger partial charge is 0.497 e. The van der Waals surface area contributed by atoms with E-state index in [0.29, 0.717) is 6.42 Å². The first kappa shape index (κ1) is 13.4. The summed E-state index contributed by atoms with van der Waals surface area (Å²) < 4.78 is 5.08. The molecule has 0 saturated carbocycles. The summed E-state index contributed by atoms with van der Waals surface area (Å²) in [5, 5.41) is 11.0. The third kappa shape index (κ3) is 3.03. The minimum Gasteiger partial charge on any atom is -0.497 e. The summed E-state index contributed by atoms with van der Waals surface area (Å²) in [6.07, 6.45) is 0.546. The summed E-state index contributed by atoms with van der Waals surface area (Å²) >= 11 is 6.05. The van der Waals surface area contributed by atoms with E-state index < -0.39 is 4.92 Å². The Morgan fingerprint density at radius 2 is 1.89 bits per heavy atom. The van der Waals surface area contributed by atoms with Gasteiger partial charge < -0.3 is 4.74 Å². The molecule has 19 heavy (non-hydrogen) atoms. The van der Waals surface area contributed by atoms with E-state index in [1.165, 1.54) is 6.07 Å². The van der Waals surface area contributed by atoms with E-state index in [9.17, 15) is 10.1 Å². The number of halogens is 1. The van der Waals surface area contributed by atoms with Crippen molar-refractivity contribution in [1.29, 1.82) is 0 Å². The van der Waals surface area contributed by atoms with Crippen LogP contribution in [0.25, 0.3) is 0 Å². The molecule has 0 N–H and O–H groups in total. The first-order valence-electron chi connectivity index (χ1n) is 5.66. The molecule has 0 heterocycles. The standard InChI is InChI=1S/C14H12ClNO3/c1-19-12-7-5-10(6-8-12)9-11-3-2-4-13(14(11)15)16(17)18/h2-8H,9H2,1H3. The van der Waals surface area contributed by atoms with Crippen molar-refractivity contribution in [2.24, 2.45) is 0 Å². The lowest BCUT2D eigenvalue weighted by Gasteiger charge is -2.06. The molecule has 0 amide bonds. The number of hydrogen-bond acceptors (Lipinski definition) is 3. The van der Waals surface area contributed by atoms with Gasteiger partial charge in [-0.1, -0.05) is 35.9 Å². The van der Waals surface area contributed by atoms with Crippen molar-refractivity contribution in [2.45, 2.75) is 6.42 Å². The van der Waals surface area contributed by atoms with Gasteiger partial charge in [-0.25, -0.2) is 0 Å². The van der Waals surface area contributed by atoms with Crippen LogP contribution >= 0.6 is 11.6 Å². The molecular formula is C14H12ClNO3. The molecule has 0 aliphatic rings. The highest BCUT2D eigenvalue weighted by atomic mass is 35.5. The highest BCUT2D eigenvalue weighted by Crippen LogP contribution is 2.29. The van der Waals surface area contributed by atoms with Gasteiger partial charge in [0.25, 0.3) is 5.69 Å². The van der Waals surface area contributed by atoms with Crippen LogP contribution in [0.4, 0.5) is 5.69 Å². The molecule has 0 atom stereocenters. The zero-order valence-corrected chi connectivity index (χ0v) is 11.1. The lowest BCUT2D eigenvalue weighted by Crippen LogP contribution is -1.95. The normalized spacial score (nSPS) is 10.2. The summed E-state index contributed by atoms with van der Waals surface area (Å²) in [6.45, 7) is 0. The maximum absolute atomic E-state index is 10.8. The molecule has 0 aliphatic heterocycles. The van der Waals surface area contributed by atoms with Crippen LogP contribution in [-0.2, 0) is 6.42 Å². The second-order valence-electron chi connectivity index (χ2n) is 4.03. The van der Waals surface area contributed by atoms with Gasteiger partial charge in [-0.2, -0.15) is 0 Å². The molecule has 2 aromatic rings. The van der Waals surface area contributed by atoms with Crippen molar-refractivity contribution >= 4 is 17.3 Å². The van der Waals surface area contributed by atoms with Crippen molar-refractivity contribution in [2.75, 3.05) is 7.11 Å². The lowest BCUT2D eigenvalue weighted by atomic mass is 10.0. The third-order valence-electron chi connectivity index (χ3n) is 2.81. The fraction of sp³-hybridized carbons (Fsp3) is 0.143. The predicted molar refractivity (Wildman–Crippen MR) is 73.9 cm³/mol. The third-order valence-corrected chi connectivity index (χ3v) is 3.25. The lowest BCUT2D eigenvalue weighted by molar-refractivity contribution is -0.384. The van der Waals surface area contributed by atoms with Gasteiger partial charge in [0.05, 0.1) is 12.0 Å². The van der Waals surface area contributed by atoms with E-state index in [1.807, 2.05) is 24.3 Å². The first-order chi connectivity index (χ1) is 9.11. The highest BCUT2D eigenvalue weighted by molar-refractivity contribution is 6.33. The average Bonchev–Trinajstić information content (AvgIpc) is 2.41. The number of nitrogens with zero attached hydrogens (tertiary/aromatic N) is 1. The Kier molecular flexibility index (Phi) is 4.02. The number of hydrogen-bond donors (Lipinski definition) is 0. The van der Waals surface area contributed by atoms with Crippen LogP contribution in [0, 0.1) is 10.1 Å². The summed E-state index contributed by atoms with van der Waals surface area (Å²) in [5.74, 6) is 0.772. The molecule has 5 heteroatoms. The summed E-state index contributed by atoms with van der Waals surface area (Å²) in [5.41, 5.74) is 1.69. The molecule has 0 fully saturated rings. The fourth-order valence-electron chi connectivity index (χ4n) is 1.81. The van der Waals surface area contributed by atoms with Crippen molar-refractivity contribution in [3.05, 3.63) is 68.7 Å². The van der Waals surface area contributed by atoms with Crippen molar-refractivity contribution in [1.82, 2.24) is 0 Å². The Hall–Kier alpha value is -2.07. The van der Waals surface area contributed by atoms with Gasteiger partial charge in [0.15, 0.2) is 0 Å². The van der Waals surface area contributed by atoms with Crippen LogP contribution in [0.2, 0.25) is 5.02 Å². The molecule has 0 aliphatic carbocycles. The Bertz CT molecular complexity index is 596. The van der Waals surface area contributed by atoms with Gasteiger partial charge in [-0.05, 0) is 29.7 Å². The van der Waals surface area contributed by atoms with Crippen LogP contribution in [0.15, 0.2) is 42.5 Å². The zero-order chi connectivity index (χ0) is 13.8. The molecule has 2 aromatic carbocycles. The van der Waals surface area contributed by atoms with Gasteiger partial charge in [-0.3, -0.25) is 10.1 Å². The van der Waals surface area contributed by atoms with Crippen molar-refractivity contribution < 1.29 is 9.66 Å². The van der Waals surface area contributed by atoms with Gasteiger partial charge >= 0.3 is 0 Å². The van der Waals surface area contributed by atoms with E-state index in [1.54, 1.807) is 19.2 Å². The summed E-state index contributed by atoms with van der Waals surface area (Å²) in [7, 11) is 1.60. The fourth-order valence-corrected chi connectivity index (χ4v) is 2.07. The van der Waals surface area contributed by atoms with Crippen LogP contribution in [0.5, 0.6) is 5.75 Å². The van der Waals surface area contributed by atoms with Gasteiger partial charge in [-0.15, -0.1) is 0 Å². The minimum atomic E-state index is -0.472. The second kappa shape index (κ2) is 5.71. The number of nitro benzene ring substituents is 1. The molecule has 0 aromatic heterocycles. The molecule has 0 spiro atoms. The quantitative estimate of drug-likeness (QED) is 0.630. The minimum absolute atomic E-state index is 0.0623. The first-order valence-corrected chi connectivity index (χ1v) is 6.04. The number of methoxy groups -OCH3 is 1. The average molecular weight is 278 g/mol. The maximum atomic E-state index is 10.8. The van der Waals surface area contributed by atoms with E-state index in [0.717, 1.165) is 16.9 Å². The summed E-state index contributed by atoms with van der Waals surface area (Å²) in [4.78, 5) is 10.3. The predicted octanol–water partition coefficient (Wildman–Crippen LogP) is 3.85. The van der Waals surface area contributed by atoms with Crippen molar-refractivity contribution in [3.8, 4) is 5.75 Å². The van der Waals surface area contributed by atoms with Crippen LogP contribution < -0.4 is 4.74 Å². The molecular weight excluding hydrogens is 266 g/mol. The van der Waals surface area contributed by atoms with Crippen LogP contribution in [0.3, 0.4) is 0 Å². The number of benzene rings is 2. The molecule has 0 bridgehead atoms. The van der Waals surface area contributed by atoms with E-state index in [2.05, 4.69) is 0 Å². The van der Waals surface area contributed by atoms with Crippen LogP contribution in [-0.4, -0.2) is 12.0 Å². The Morgan fingerprint density at radius 1 is 1.21 bits per heavy atom. The van der Waals surface area contributed by atoms with Crippen molar-refractivity contribution in [3.63, 3.8) is 0 Å². The Balaban J connectivity index is 2.27. The molecule has 0 unspecified atom stereocenters. The van der Waals surface area contributed by atoms with Crippen LogP contribution in [0.1, 0.15) is 11.1 Å². The Morgan fingerprint density at radius 3 is 2.47 bits per heavy atom. The van der Waals surface area contributed by atoms with E-state index in [4.69, 9.17) is 16.3 Å². The molecule has 2 rings (SSSR count). The topological polar surface area (TPSA) is 52.4 Å². The van der Waals surface area contributed by atoms with E-state index >= 15 is 0 Å². The zero-order valence-electron chi connectivity index (χ0n) is 10.3. The number of nitro groups is 1. The summed E-state index contributed by atoms with van der Waals surface area (Å²) in [6, 6.07) is 12.4. The highest BCUT2D eigenvalue weighted by Gasteiger charge is 2.15. The molecule has 4 nitrogen and oxygen atoms in total. The number of ether oxygens (including phenoxy) is 1. The van der Waals surface area contributed by atoms with Gasteiger partial charge in [0.1, 0.15) is 10.8 Å². The molecule has 0 saturated heterocycles. The van der Waals surface area contributed by atoms with E-state index in [-0.39, 0.29) is 10.7 Å². The smallest absolute Gasteiger partial charge is 0.288 e. The number of rotatable bonds is 4. The van der Waals surface area contributed by atoms with Gasteiger partial charge in [0, 0.05) is 6.07 Å². The molecule has 98 valence electrons. The molecule has 0 radical (unpaired) electrons. The Labute approximate surface area is 115 Å². The monoisotopic (exact) mass is 277 g/mol. The SMILES string of the molecule is COc1ccc(Cc2cccc([N+](=O)[O-])c2Cl)cc1.